The van der Waals surface area contributed by atoms with Crippen LogP contribution in [-0.2, 0) is 4.79 Å². The van der Waals surface area contributed by atoms with E-state index < -0.39 is 0 Å². The first-order valence-corrected chi connectivity index (χ1v) is 7.05. The first kappa shape index (κ1) is 14.1. The summed E-state index contributed by atoms with van der Waals surface area (Å²) in [6.07, 6.45) is 0.466. The van der Waals surface area contributed by atoms with Crippen molar-refractivity contribution in [2.45, 2.75) is 25.5 Å². The number of nitrogens with zero attached hydrogens (tertiary/aromatic N) is 1. The maximum absolute atomic E-state index is 12.0. The Morgan fingerprint density at radius 2 is 2.05 bits per heavy atom. The van der Waals surface area contributed by atoms with E-state index in [1.165, 1.54) is 0 Å². The van der Waals surface area contributed by atoms with Crippen LogP contribution in [0, 0.1) is 0 Å². The van der Waals surface area contributed by atoms with E-state index in [4.69, 9.17) is 9.47 Å². The largest absolute Gasteiger partial charge is 0.494 e. The highest BCUT2D eigenvalue weighted by atomic mass is 32.1. The van der Waals surface area contributed by atoms with Crippen LogP contribution >= 0.6 is 12.6 Å². The van der Waals surface area contributed by atoms with Crippen molar-refractivity contribution in [3.63, 3.8) is 0 Å². The number of ether oxygens (including phenoxy) is 2. The molecule has 5 heteroatoms. The second-order valence-corrected chi connectivity index (χ2v) is 5.09. The predicted octanol–water partition coefficient (Wildman–Crippen LogP) is 2.52. The summed E-state index contributed by atoms with van der Waals surface area (Å²) in [6, 6.07) is 5.57. The van der Waals surface area contributed by atoms with Gasteiger partial charge in [0.1, 0.15) is 11.5 Å². The van der Waals surface area contributed by atoms with E-state index in [9.17, 15) is 4.79 Å². The fraction of sp³-hybridized carbons (Fsp3) is 0.500. The highest BCUT2D eigenvalue weighted by Crippen LogP contribution is 2.35. The Balaban J connectivity index is 2.34. The number of thiol groups is 1. The molecule has 2 rings (SSSR count). The fourth-order valence-corrected chi connectivity index (χ4v) is 2.48. The van der Waals surface area contributed by atoms with Gasteiger partial charge in [-0.2, -0.15) is 12.6 Å². The molecule has 1 aliphatic heterocycles. The van der Waals surface area contributed by atoms with Gasteiger partial charge in [0.05, 0.1) is 18.9 Å². The molecule has 1 saturated heterocycles. The molecule has 1 aliphatic rings. The van der Waals surface area contributed by atoms with Crippen molar-refractivity contribution < 1.29 is 14.3 Å². The van der Waals surface area contributed by atoms with Gasteiger partial charge in [-0.3, -0.25) is 4.79 Å². The molecule has 4 nitrogen and oxygen atoms in total. The smallest absolute Gasteiger partial charge is 0.228 e. The summed E-state index contributed by atoms with van der Waals surface area (Å²) >= 11 is 4.38. The molecule has 1 amide bonds. The third kappa shape index (κ3) is 3.15. The summed E-state index contributed by atoms with van der Waals surface area (Å²) < 4.78 is 11.1. The van der Waals surface area contributed by atoms with Gasteiger partial charge in [-0.1, -0.05) is 0 Å². The van der Waals surface area contributed by atoms with Crippen LogP contribution in [0.4, 0.5) is 5.69 Å². The highest BCUT2D eigenvalue weighted by Gasteiger charge is 2.30. The van der Waals surface area contributed by atoms with Gasteiger partial charge in [0, 0.05) is 24.3 Å². The monoisotopic (exact) mass is 281 g/mol. The minimum absolute atomic E-state index is 0.0783. The van der Waals surface area contributed by atoms with Gasteiger partial charge in [-0.05, 0) is 26.0 Å². The maximum Gasteiger partial charge on any atom is 0.228 e. The van der Waals surface area contributed by atoms with Crippen LogP contribution in [0.3, 0.4) is 0 Å². The van der Waals surface area contributed by atoms with Gasteiger partial charge in [-0.25, -0.2) is 0 Å². The van der Waals surface area contributed by atoms with E-state index in [2.05, 4.69) is 12.6 Å². The van der Waals surface area contributed by atoms with Crippen LogP contribution in [-0.4, -0.2) is 30.9 Å². The lowest BCUT2D eigenvalue weighted by Gasteiger charge is -2.20. The lowest BCUT2D eigenvalue weighted by molar-refractivity contribution is -0.117. The van der Waals surface area contributed by atoms with E-state index in [1.807, 2.05) is 32.0 Å². The molecule has 19 heavy (non-hydrogen) atoms. The van der Waals surface area contributed by atoms with Gasteiger partial charge in [0.25, 0.3) is 0 Å². The summed E-state index contributed by atoms with van der Waals surface area (Å²) in [5.41, 5.74) is 0.773. The second-order valence-electron chi connectivity index (χ2n) is 4.36. The number of hydrogen-bond acceptors (Lipinski definition) is 4. The zero-order valence-corrected chi connectivity index (χ0v) is 12.2. The van der Waals surface area contributed by atoms with Gasteiger partial charge in [0.15, 0.2) is 0 Å². The first-order chi connectivity index (χ1) is 9.15. The molecule has 1 fully saturated rings. The quantitative estimate of drug-likeness (QED) is 0.843. The van der Waals surface area contributed by atoms with E-state index in [0.717, 1.165) is 11.4 Å². The van der Waals surface area contributed by atoms with Crippen molar-refractivity contribution in [3.05, 3.63) is 18.2 Å². The van der Waals surface area contributed by atoms with Crippen molar-refractivity contribution in [1.29, 1.82) is 0 Å². The Labute approximate surface area is 119 Å². The van der Waals surface area contributed by atoms with Crippen LogP contribution < -0.4 is 14.4 Å². The van der Waals surface area contributed by atoms with Gasteiger partial charge < -0.3 is 14.4 Å². The van der Waals surface area contributed by atoms with Crippen LogP contribution in [0.25, 0.3) is 0 Å². The second kappa shape index (κ2) is 6.19. The number of anilines is 1. The molecule has 0 aromatic heterocycles. The summed E-state index contributed by atoms with van der Waals surface area (Å²) in [6.45, 7) is 5.62. The molecule has 0 N–H and O–H groups in total. The third-order valence-electron chi connectivity index (χ3n) is 2.94. The van der Waals surface area contributed by atoms with Gasteiger partial charge >= 0.3 is 0 Å². The zero-order valence-electron chi connectivity index (χ0n) is 11.3. The maximum atomic E-state index is 12.0. The number of hydrogen-bond donors (Lipinski definition) is 1. The molecule has 104 valence electrons. The van der Waals surface area contributed by atoms with Crippen molar-refractivity contribution in [2.24, 2.45) is 0 Å². The van der Waals surface area contributed by atoms with Crippen molar-refractivity contribution in [1.82, 2.24) is 0 Å². The van der Waals surface area contributed by atoms with Gasteiger partial charge in [-0.15, -0.1) is 0 Å². The normalized spacial score (nSPS) is 18.8. The Bertz CT molecular complexity index is 464. The first-order valence-electron chi connectivity index (χ1n) is 6.53. The Hall–Kier alpha value is -1.36. The van der Waals surface area contributed by atoms with Crippen LogP contribution in [0.5, 0.6) is 11.5 Å². The average Bonchev–Trinajstić information content (AvgIpc) is 2.71. The summed E-state index contributed by atoms with van der Waals surface area (Å²) in [7, 11) is 0. The predicted molar refractivity (Wildman–Crippen MR) is 78.5 cm³/mol. The fourth-order valence-electron chi connectivity index (χ4n) is 2.16. The number of benzene rings is 1. The Morgan fingerprint density at radius 3 is 2.63 bits per heavy atom. The SMILES string of the molecule is CCOc1ccc(OCC)c(N2CC(S)CC2=O)c1. The zero-order chi connectivity index (χ0) is 13.8. The summed E-state index contributed by atoms with van der Waals surface area (Å²) in [4.78, 5) is 13.7. The number of amides is 1. The number of rotatable bonds is 5. The molecular formula is C14H19NO3S. The van der Waals surface area contributed by atoms with Crippen molar-refractivity contribution in [2.75, 3.05) is 24.7 Å². The van der Waals surface area contributed by atoms with Crippen LogP contribution in [0.2, 0.25) is 0 Å². The Kier molecular flexibility index (Phi) is 4.58. The number of carbonyl (C=O) groups is 1. The van der Waals surface area contributed by atoms with Crippen LogP contribution in [0.15, 0.2) is 18.2 Å². The molecule has 1 unspecified atom stereocenters. The topological polar surface area (TPSA) is 38.8 Å². The molecule has 0 bridgehead atoms. The van der Waals surface area contributed by atoms with Crippen molar-refractivity contribution >= 4 is 24.2 Å². The molecular weight excluding hydrogens is 262 g/mol. The van der Waals surface area contributed by atoms with Gasteiger partial charge in [0.2, 0.25) is 5.91 Å². The summed E-state index contributed by atoms with van der Waals surface area (Å²) in [5, 5.41) is 0.0812. The van der Waals surface area contributed by atoms with E-state index in [0.29, 0.717) is 31.9 Å². The van der Waals surface area contributed by atoms with E-state index in [-0.39, 0.29) is 11.2 Å². The molecule has 0 radical (unpaired) electrons. The molecule has 1 aromatic carbocycles. The van der Waals surface area contributed by atoms with Crippen molar-refractivity contribution in [3.8, 4) is 11.5 Å². The minimum atomic E-state index is 0.0783. The molecule has 1 heterocycles. The molecule has 1 aromatic rings. The van der Waals surface area contributed by atoms with E-state index in [1.54, 1.807) is 4.90 Å². The molecule has 0 saturated carbocycles. The lowest BCUT2D eigenvalue weighted by atomic mass is 10.2. The Morgan fingerprint density at radius 1 is 1.32 bits per heavy atom. The average molecular weight is 281 g/mol. The highest BCUT2D eigenvalue weighted by molar-refractivity contribution is 7.81. The molecule has 0 aliphatic carbocycles. The third-order valence-corrected chi connectivity index (χ3v) is 3.28. The van der Waals surface area contributed by atoms with E-state index >= 15 is 0 Å². The number of carbonyl (C=O) groups excluding carboxylic acids is 1. The molecule has 0 spiro atoms. The standard InChI is InChI=1S/C14H19NO3S/c1-3-17-10-5-6-13(18-4-2)12(7-10)15-9-11(19)8-14(15)16/h5-7,11,19H,3-4,8-9H2,1-2H3. The summed E-state index contributed by atoms with van der Waals surface area (Å²) in [5.74, 6) is 1.53. The minimum Gasteiger partial charge on any atom is -0.494 e. The molecule has 1 atom stereocenters. The van der Waals surface area contributed by atoms with Crippen LogP contribution in [0.1, 0.15) is 20.3 Å². The lowest BCUT2D eigenvalue weighted by Crippen LogP contribution is -2.25.